The second-order valence-corrected chi connectivity index (χ2v) is 5.69. The molecule has 2 aromatic rings. The van der Waals surface area contributed by atoms with Crippen molar-refractivity contribution >= 4 is 23.2 Å². The fourth-order valence-corrected chi connectivity index (χ4v) is 2.74. The van der Waals surface area contributed by atoms with E-state index >= 15 is 0 Å². The third-order valence-electron chi connectivity index (χ3n) is 3.33. The molecule has 2 aromatic heterocycles. The molecule has 0 radical (unpaired) electrons. The van der Waals surface area contributed by atoms with Crippen LogP contribution in [0.3, 0.4) is 0 Å². The van der Waals surface area contributed by atoms with Crippen LogP contribution in [0.1, 0.15) is 64.4 Å². The number of aromatic nitrogens is 2. The molecular weight excluding hydrogens is 306 g/mol. The number of carboxylic acid groups (broad SMARTS) is 1. The monoisotopic (exact) mass is 323 g/mol. The lowest BCUT2D eigenvalue weighted by molar-refractivity contribution is 0.0691. The van der Waals surface area contributed by atoms with E-state index in [1.165, 1.54) is 16.7 Å². The van der Waals surface area contributed by atoms with Gasteiger partial charge in [0, 0.05) is 17.4 Å². The Bertz CT molecular complexity index is 661. The normalized spacial score (nSPS) is 10.9. The van der Waals surface area contributed by atoms with Gasteiger partial charge >= 0.3 is 5.97 Å². The van der Waals surface area contributed by atoms with Gasteiger partial charge in [-0.1, -0.05) is 19.0 Å². The highest BCUT2D eigenvalue weighted by Gasteiger charge is 2.18. The SMILES string of the molecule is CCC(CC)c1cc(C(=O)NCc2nc(C(=O)O)cs2)on1. The van der Waals surface area contributed by atoms with Crippen molar-refractivity contribution in [1.82, 2.24) is 15.5 Å². The van der Waals surface area contributed by atoms with Crippen molar-refractivity contribution in [2.24, 2.45) is 0 Å². The standard InChI is InChI=1S/C14H17N3O4S/c1-3-8(4-2)9-5-11(21-17-9)13(18)15-6-12-16-10(7-22-12)14(19)20/h5,7-8H,3-4,6H2,1-2H3,(H,15,18)(H,19,20). The predicted octanol–water partition coefficient (Wildman–Crippen LogP) is 2.66. The van der Waals surface area contributed by atoms with Crippen molar-refractivity contribution in [1.29, 1.82) is 0 Å². The topological polar surface area (TPSA) is 105 Å². The van der Waals surface area contributed by atoms with Crippen LogP contribution >= 0.6 is 11.3 Å². The Morgan fingerprint density at radius 2 is 2.14 bits per heavy atom. The van der Waals surface area contributed by atoms with Gasteiger partial charge in [0.2, 0.25) is 5.76 Å². The fourth-order valence-electron chi connectivity index (χ4n) is 2.03. The van der Waals surface area contributed by atoms with Crippen molar-refractivity contribution in [3.05, 3.63) is 33.6 Å². The minimum Gasteiger partial charge on any atom is -0.476 e. The summed E-state index contributed by atoms with van der Waals surface area (Å²) in [6.07, 6.45) is 1.86. The summed E-state index contributed by atoms with van der Waals surface area (Å²) < 4.78 is 5.07. The third kappa shape index (κ3) is 3.70. The van der Waals surface area contributed by atoms with E-state index in [-0.39, 0.29) is 23.9 Å². The lowest BCUT2D eigenvalue weighted by atomic mass is 9.99. The highest BCUT2D eigenvalue weighted by molar-refractivity contribution is 7.09. The number of carbonyl (C=O) groups excluding carboxylic acids is 1. The average molecular weight is 323 g/mol. The number of amides is 1. The zero-order chi connectivity index (χ0) is 16.1. The van der Waals surface area contributed by atoms with Gasteiger partial charge in [0.1, 0.15) is 5.01 Å². The van der Waals surface area contributed by atoms with Crippen LogP contribution in [-0.2, 0) is 6.54 Å². The predicted molar refractivity (Wildman–Crippen MR) is 80.1 cm³/mol. The van der Waals surface area contributed by atoms with E-state index in [1.54, 1.807) is 6.07 Å². The Balaban J connectivity index is 1.95. The Morgan fingerprint density at radius 1 is 1.41 bits per heavy atom. The molecule has 0 fully saturated rings. The van der Waals surface area contributed by atoms with Gasteiger partial charge in [-0.25, -0.2) is 9.78 Å². The Morgan fingerprint density at radius 3 is 2.73 bits per heavy atom. The van der Waals surface area contributed by atoms with Gasteiger partial charge in [0.15, 0.2) is 5.69 Å². The molecule has 0 aliphatic rings. The number of carbonyl (C=O) groups is 2. The number of nitrogens with one attached hydrogen (secondary N) is 1. The molecule has 2 rings (SSSR count). The molecule has 7 nitrogen and oxygen atoms in total. The molecule has 0 aromatic carbocycles. The summed E-state index contributed by atoms with van der Waals surface area (Å²) in [5.74, 6) is -1.05. The average Bonchev–Trinajstić information content (AvgIpc) is 3.15. The maximum Gasteiger partial charge on any atom is 0.355 e. The van der Waals surface area contributed by atoms with Crippen LogP contribution < -0.4 is 5.32 Å². The van der Waals surface area contributed by atoms with E-state index in [4.69, 9.17) is 9.63 Å². The van der Waals surface area contributed by atoms with Gasteiger partial charge in [-0.15, -0.1) is 11.3 Å². The van der Waals surface area contributed by atoms with E-state index in [1.807, 2.05) is 0 Å². The molecular formula is C14H17N3O4S. The Labute approximate surface area is 131 Å². The smallest absolute Gasteiger partial charge is 0.355 e. The van der Waals surface area contributed by atoms with Crippen molar-refractivity contribution in [3.63, 3.8) is 0 Å². The molecule has 0 spiro atoms. The molecule has 2 heterocycles. The van der Waals surface area contributed by atoms with Crippen LogP contribution in [0.25, 0.3) is 0 Å². The van der Waals surface area contributed by atoms with Gasteiger partial charge in [0.05, 0.1) is 12.2 Å². The maximum absolute atomic E-state index is 12.0. The third-order valence-corrected chi connectivity index (χ3v) is 4.18. The number of carboxylic acids is 1. The second-order valence-electron chi connectivity index (χ2n) is 4.74. The van der Waals surface area contributed by atoms with Crippen LogP contribution in [0.2, 0.25) is 0 Å². The van der Waals surface area contributed by atoms with Crippen LogP contribution in [0.15, 0.2) is 16.0 Å². The Kier molecular flexibility index (Phi) is 5.26. The fraction of sp³-hybridized carbons (Fsp3) is 0.429. The number of rotatable bonds is 7. The molecule has 22 heavy (non-hydrogen) atoms. The van der Waals surface area contributed by atoms with E-state index < -0.39 is 11.9 Å². The molecule has 0 aliphatic heterocycles. The molecule has 0 atom stereocenters. The van der Waals surface area contributed by atoms with Crippen LogP contribution in [0.5, 0.6) is 0 Å². The van der Waals surface area contributed by atoms with E-state index in [9.17, 15) is 9.59 Å². The lowest BCUT2D eigenvalue weighted by Crippen LogP contribution is -2.22. The molecule has 1 amide bonds. The van der Waals surface area contributed by atoms with Gasteiger partial charge in [-0.05, 0) is 12.8 Å². The summed E-state index contributed by atoms with van der Waals surface area (Å²) in [4.78, 5) is 26.6. The summed E-state index contributed by atoms with van der Waals surface area (Å²) in [5, 5.41) is 17.3. The van der Waals surface area contributed by atoms with Crippen molar-refractivity contribution in [2.45, 2.75) is 39.2 Å². The Hall–Kier alpha value is -2.22. The highest BCUT2D eigenvalue weighted by Crippen LogP contribution is 2.22. The summed E-state index contributed by atoms with van der Waals surface area (Å²) in [6.45, 7) is 4.27. The number of aromatic carboxylic acids is 1. The molecule has 0 saturated heterocycles. The quantitative estimate of drug-likeness (QED) is 0.811. The van der Waals surface area contributed by atoms with Crippen LogP contribution in [0.4, 0.5) is 0 Å². The number of hydrogen-bond acceptors (Lipinski definition) is 6. The first-order chi connectivity index (χ1) is 10.5. The zero-order valence-electron chi connectivity index (χ0n) is 12.3. The lowest BCUT2D eigenvalue weighted by Gasteiger charge is -2.05. The second kappa shape index (κ2) is 7.17. The molecule has 118 valence electrons. The number of hydrogen-bond donors (Lipinski definition) is 2. The summed E-state index contributed by atoms with van der Waals surface area (Å²) >= 11 is 1.18. The summed E-state index contributed by atoms with van der Waals surface area (Å²) in [7, 11) is 0. The van der Waals surface area contributed by atoms with Crippen molar-refractivity contribution < 1.29 is 19.2 Å². The number of thiazole rings is 1. The van der Waals surface area contributed by atoms with Crippen molar-refractivity contribution in [3.8, 4) is 0 Å². The molecule has 8 heteroatoms. The highest BCUT2D eigenvalue weighted by atomic mass is 32.1. The van der Waals surface area contributed by atoms with E-state index in [2.05, 4.69) is 29.3 Å². The summed E-state index contributed by atoms with van der Waals surface area (Å²) in [5.41, 5.74) is 0.752. The first-order valence-electron chi connectivity index (χ1n) is 6.97. The van der Waals surface area contributed by atoms with Gasteiger partial charge in [0.25, 0.3) is 5.91 Å². The van der Waals surface area contributed by atoms with Crippen molar-refractivity contribution in [2.75, 3.05) is 0 Å². The molecule has 0 saturated carbocycles. The zero-order valence-corrected chi connectivity index (χ0v) is 13.1. The minimum atomic E-state index is -1.08. The van der Waals surface area contributed by atoms with Crippen LogP contribution in [-0.4, -0.2) is 27.1 Å². The molecule has 2 N–H and O–H groups in total. The van der Waals surface area contributed by atoms with Crippen LogP contribution in [0, 0.1) is 0 Å². The largest absolute Gasteiger partial charge is 0.476 e. The molecule has 0 aliphatic carbocycles. The minimum absolute atomic E-state index is 0.0232. The van der Waals surface area contributed by atoms with Gasteiger partial charge < -0.3 is 14.9 Å². The van der Waals surface area contributed by atoms with Gasteiger partial charge in [-0.2, -0.15) is 0 Å². The number of nitrogens with zero attached hydrogens (tertiary/aromatic N) is 2. The summed E-state index contributed by atoms with van der Waals surface area (Å²) in [6, 6.07) is 1.65. The first kappa shape index (κ1) is 16.2. The van der Waals surface area contributed by atoms with E-state index in [0.29, 0.717) is 5.01 Å². The molecule has 0 bridgehead atoms. The maximum atomic E-state index is 12.0. The molecule has 0 unspecified atom stereocenters. The van der Waals surface area contributed by atoms with Gasteiger partial charge in [-0.3, -0.25) is 4.79 Å². The van der Waals surface area contributed by atoms with E-state index in [0.717, 1.165) is 18.5 Å². The first-order valence-corrected chi connectivity index (χ1v) is 7.85.